The highest BCUT2D eigenvalue weighted by Crippen LogP contribution is 2.32. The summed E-state index contributed by atoms with van der Waals surface area (Å²) in [5.41, 5.74) is 0.941. The maximum atomic E-state index is 12.9. The molecule has 0 saturated carbocycles. The van der Waals surface area contributed by atoms with Crippen LogP contribution in [0, 0.1) is 0 Å². The number of aliphatic hydroxyl groups is 1. The van der Waals surface area contributed by atoms with Gasteiger partial charge in [0.25, 0.3) is 11.8 Å². The van der Waals surface area contributed by atoms with Gasteiger partial charge < -0.3 is 19.9 Å². The Morgan fingerprint density at radius 3 is 2.57 bits per heavy atom. The van der Waals surface area contributed by atoms with Crippen LogP contribution in [0.1, 0.15) is 40.0 Å². The van der Waals surface area contributed by atoms with Crippen LogP contribution in [0.25, 0.3) is 0 Å². The van der Waals surface area contributed by atoms with E-state index < -0.39 is 29.7 Å². The van der Waals surface area contributed by atoms with Crippen LogP contribution < -0.4 is 10.6 Å². The number of hydrogen-bond acceptors (Lipinski definition) is 8. The number of imide groups is 2. The minimum atomic E-state index is -0.989. The van der Waals surface area contributed by atoms with E-state index in [1.807, 2.05) is 0 Å². The van der Waals surface area contributed by atoms with E-state index in [1.165, 1.54) is 0 Å². The summed E-state index contributed by atoms with van der Waals surface area (Å²) < 4.78 is 10.7. The molecule has 0 aromatic heterocycles. The van der Waals surface area contributed by atoms with Crippen molar-refractivity contribution >= 4 is 29.3 Å². The molecule has 0 radical (unpaired) electrons. The van der Waals surface area contributed by atoms with Crippen LogP contribution in [0.15, 0.2) is 18.2 Å². The lowest BCUT2D eigenvalue weighted by Crippen LogP contribution is -2.54. The van der Waals surface area contributed by atoms with Crippen molar-refractivity contribution in [2.45, 2.75) is 25.3 Å². The largest absolute Gasteiger partial charge is 0.396 e. The Balaban J connectivity index is 1.56. The molecule has 30 heavy (non-hydrogen) atoms. The van der Waals surface area contributed by atoms with Crippen LogP contribution in [-0.4, -0.2) is 79.3 Å². The highest BCUT2D eigenvalue weighted by molar-refractivity contribution is 6.25. The number of carbonyl (C=O) groups is 4. The van der Waals surface area contributed by atoms with E-state index in [2.05, 4.69) is 10.6 Å². The van der Waals surface area contributed by atoms with Gasteiger partial charge in [-0.3, -0.25) is 29.4 Å². The minimum absolute atomic E-state index is 0.0793. The molecule has 4 amide bonds. The summed E-state index contributed by atoms with van der Waals surface area (Å²) in [5, 5.41) is 13.9. The first-order chi connectivity index (χ1) is 14.5. The van der Waals surface area contributed by atoms with Crippen LogP contribution in [0.3, 0.4) is 0 Å². The van der Waals surface area contributed by atoms with Crippen molar-refractivity contribution in [1.29, 1.82) is 0 Å². The molecule has 1 saturated heterocycles. The van der Waals surface area contributed by atoms with E-state index in [0.29, 0.717) is 45.1 Å². The highest BCUT2D eigenvalue weighted by atomic mass is 16.5. The number of carbonyl (C=O) groups excluding carboxylic acids is 4. The lowest BCUT2D eigenvalue weighted by Gasteiger charge is -2.27. The van der Waals surface area contributed by atoms with E-state index in [-0.39, 0.29) is 30.6 Å². The first kappa shape index (κ1) is 21.9. The first-order valence-corrected chi connectivity index (χ1v) is 9.89. The van der Waals surface area contributed by atoms with E-state index in [1.54, 1.807) is 18.2 Å². The summed E-state index contributed by atoms with van der Waals surface area (Å²) in [5.74, 6) is -2.13. The van der Waals surface area contributed by atoms with Gasteiger partial charge in [-0.2, -0.15) is 0 Å². The maximum absolute atomic E-state index is 12.9. The normalized spacial score (nSPS) is 18.6. The van der Waals surface area contributed by atoms with Crippen molar-refractivity contribution in [1.82, 2.24) is 10.2 Å². The van der Waals surface area contributed by atoms with Gasteiger partial charge in [0.1, 0.15) is 6.04 Å². The van der Waals surface area contributed by atoms with Crippen LogP contribution in [0.5, 0.6) is 0 Å². The number of nitrogens with zero attached hydrogens (tertiary/aromatic N) is 1. The Bertz CT molecular complexity index is 827. The zero-order valence-corrected chi connectivity index (χ0v) is 16.5. The summed E-state index contributed by atoms with van der Waals surface area (Å²) in [6.45, 7) is 2.18. The Morgan fingerprint density at radius 2 is 1.83 bits per heavy atom. The maximum Gasteiger partial charge on any atom is 0.264 e. The van der Waals surface area contributed by atoms with Gasteiger partial charge in [-0.15, -0.1) is 0 Å². The number of rotatable bonds is 11. The van der Waals surface area contributed by atoms with Gasteiger partial charge in [-0.05, 0) is 25.0 Å². The van der Waals surface area contributed by atoms with Gasteiger partial charge in [0.05, 0.1) is 30.9 Å². The fraction of sp³-hybridized carbons (Fsp3) is 0.500. The molecule has 1 unspecified atom stereocenters. The molecule has 162 valence electrons. The summed E-state index contributed by atoms with van der Waals surface area (Å²) >= 11 is 0. The molecule has 10 heteroatoms. The van der Waals surface area contributed by atoms with E-state index in [9.17, 15) is 19.2 Å². The third-order valence-electron chi connectivity index (χ3n) is 4.85. The number of anilines is 1. The van der Waals surface area contributed by atoms with Crippen LogP contribution >= 0.6 is 0 Å². The molecule has 1 fully saturated rings. The molecule has 1 aromatic rings. The predicted molar refractivity (Wildman–Crippen MR) is 105 cm³/mol. The number of hydrogen-bond donors (Lipinski definition) is 3. The summed E-state index contributed by atoms with van der Waals surface area (Å²) in [6.07, 6.45) is 0.784. The van der Waals surface area contributed by atoms with Gasteiger partial charge in [-0.1, -0.05) is 6.07 Å². The summed E-state index contributed by atoms with van der Waals surface area (Å²) in [6, 6.07) is 3.91. The van der Waals surface area contributed by atoms with E-state index in [0.717, 1.165) is 4.90 Å². The summed E-state index contributed by atoms with van der Waals surface area (Å²) in [4.78, 5) is 50.2. The third-order valence-corrected chi connectivity index (χ3v) is 4.85. The molecule has 1 atom stereocenters. The van der Waals surface area contributed by atoms with E-state index >= 15 is 0 Å². The zero-order valence-electron chi connectivity index (χ0n) is 16.5. The smallest absolute Gasteiger partial charge is 0.264 e. The number of benzene rings is 1. The standard InChI is InChI=1S/C20H25N3O7/c24-8-2-9-29-11-12-30-10-7-21-14-4-1-3-13-17(14)20(28)23(19(13)27)15-5-6-16(25)22-18(15)26/h1,3-4,15,21,24H,2,5-12H2,(H,22,25,26). The molecule has 3 rings (SSSR count). The molecule has 1 aromatic carbocycles. The SMILES string of the molecule is O=C1CCC(N2C(=O)c3cccc(NCCOCCOCCCO)c3C2=O)C(=O)N1. The predicted octanol–water partition coefficient (Wildman–Crippen LogP) is -0.0847. The Kier molecular flexibility index (Phi) is 7.50. The van der Waals surface area contributed by atoms with Gasteiger partial charge in [0.15, 0.2) is 0 Å². The van der Waals surface area contributed by atoms with Crippen LogP contribution in [0.2, 0.25) is 0 Å². The molecule has 2 aliphatic heterocycles. The van der Waals surface area contributed by atoms with Gasteiger partial charge in [0.2, 0.25) is 11.8 Å². The van der Waals surface area contributed by atoms with Crippen molar-refractivity contribution in [3.63, 3.8) is 0 Å². The number of ether oxygens (including phenoxy) is 2. The second-order valence-corrected chi connectivity index (χ2v) is 6.90. The molecule has 0 spiro atoms. The number of amides is 4. The zero-order chi connectivity index (χ0) is 21.5. The van der Waals surface area contributed by atoms with Crippen LogP contribution in [-0.2, 0) is 19.1 Å². The fourth-order valence-corrected chi connectivity index (χ4v) is 3.41. The van der Waals surface area contributed by atoms with E-state index in [4.69, 9.17) is 14.6 Å². The van der Waals surface area contributed by atoms with Crippen molar-refractivity contribution in [3.8, 4) is 0 Å². The molecular weight excluding hydrogens is 394 g/mol. The fourth-order valence-electron chi connectivity index (χ4n) is 3.41. The van der Waals surface area contributed by atoms with Crippen molar-refractivity contribution in [3.05, 3.63) is 29.3 Å². The second kappa shape index (κ2) is 10.3. The monoisotopic (exact) mass is 419 g/mol. The first-order valence-electron chi connectivity index (χ1n) is 9.89. The third kappa shape index (κ3) is 4.84. The molecule has 3 N–H and O–H groups in total. The second-order valence-electron chi connectivity index (χ2n) is 6.90. The Morgan fingerprint density at radius 1 is 1.07 bits per heavy atom. The van der Waals surface area contributed by atoms with Gasteiger partial charge in [-0.25, -0.2) is 0 Å². The average Bonchev–Trinajstić information content (AvgIpc) is 2.98. The molecular formula is C20H25N3O7. The number of fused-ring (bicyclic) bond motifs is 1. The van der Waals surface area contributed by atoms with Crippen molar-refractivity contribution in [2.75, 3.05) is 44.9 Å². The molecule has 10 nitrogen and oxygen atoms in total. The lowest BCUT2D eigenvalue weighted by molar-refractivity contribution is -0.136. The Hall–Kier alpha value is -2.82. The van der Waals surface area contributed by atoms with Crippen LogP contribution in [0.4, 0.5) is 5.69 Å². The molecule has 0 bridgehead atoms. The number of aliphatic hydroxyl groups excluding tert-OH is 1. The Labute approximate surface area is 173 Å². The van der Waals surface area contributed by atoms with Gasteiger partial charge >= 0.3 is 0 Å². The molecule has 2 heterocycles. The minimum Gasteiger partial charge on any atom is -0.396 e. The number of nitrogens with one attached hydrogen (secondary N) is 2. The number of piperidine rings is 1. The summed E-state index contributed by atoms with van der Waals surface area (Å²) in [7, 11) is 0. The topological polar surface area (TPSA) is 134 Å². The van der Waals surface area contributed by atoms with Crippen molar-refractivity contribution in [2.24, 2.45) is 0 Å². The lowest BCUT2D eigenvalue weighted by atomic mass is 10.0. The molecule has 2 aliphatic rings. The quantitative estimate of drug-likeness (QED) is 0.335. The van der Waals surface area contributed by atoms with Crippen molar-refractivity contribution < 1.29 is 33.8 Å². The highest BCUT2D eigenvalue weighted by Gasteiger charge is 2.45. The molecule has 0 aliphatic carbocycles. The average molecular weight is 419 g/mol. The van der Waals surface area contributed by atoms with Gasteiger partial charge in [0, 0.05) is 31.9 Å².